The molecule has 0 bridgehead atoms. The van der Waals surface area contributed by atoms with Crippen LogP contribution in [0.25, 0.3) is 5.69 Å². The minimum atomic E-state index is -0.743. The van der Waals surface area contributed by atoms with Crippen LogP contribution in [0.15, 0.2) is 53.7 Å². The Morgan fingerprint density at radius 3 is 2.40 bits per heavy atom. The van der Waals surface area contributed by atoms with Crippen LogP contribution in [0, 0.1) is 11.6 Å². The Hall–Kier alpha value is -2.94. The average Bonchev–Trinajstić information content (AvgIpc) is 3.17. The van der Waals surface area contributed by atoms with Crippen LogP contribution >= 0.6 is 11.8 Å². The molecule has 0 aliphatic carbocycles. The van der Waals surface area contributed by atoms with Gasteiger partial charge >= 0.3 is 0 Å². The van der Waals surface area contributed by atoms with Crippen LogP contribution in [-0.2, 0) is 4.79 Å². The van der Waals surface area contributed by atoms with Crippen LogP contribution in [0.4, 0.5) is 20.4 Å². The van der Waals surface area contributed by atoms with Crippen molar-refractivity contribution >= 4 is 29.3 Å². The molecule has 0 spiro atoms. The van der Waals surface area contributed by atoms with Crippen molar-refractivity contribution in [2.24, 2.45) is 0 Å². The number of piperidine rings is 1. The molecule has 1 saturated heterocycles. The van der Waals surface area contributed by atoms with Gasteiger partial charge in [0.1, 0.15) is 11.6 Å². The molecule has 30 heavy (non-hydrogen) atoms. The molecule has 1 fully saturated rings. The predicted octanol–water partition coefficient (Wildman–Crippen LogP) is 4.27. The van der Waals surface area contributed by atoms with Crippen LogP contribution < -0.4 is 10.2 Å². The Kier molecular flexibility index (Phi) is 6.27. The van der Waals surface area contributed by atoms with Crippen molar-refractivity contribution in [2.75, 3.05) is 29.1 Å². The van der Waals surface area contributed by atoms with E-state index in [4.69, 9.17) is 0 Å². The number of aromatic nitrogens is 3. The fourth-order valence-corrected chi connectivity index (χ4v) is 4.16. The van der Waals surface area contributed by atoms with Gasteiger partial charge in [-0.1, -0.05) is 30.0 Å². The molecule has 9 heteroatoms. The first-order valence-electron chi connectivity index (χ1n) is 9.75. The molecule has 156 valence electrons. The maximum Gasteiger partial charge on any atom is 0.234 e. The number of halogens is 2. The van der Waals surface area contributed by atoms with E-state index in [1.54, 1.807) is 0 Å². The van der Waals surface area contributed by atoms with Crippen molar-refractivity contribution in [3.8, 4) is 5.69 Å². The normalized spacial score (nSPS) is 14.0. The summed E-state index contributed by atoms with van der Waals surface area (Å²) in [6.07, 6.45) is 3.42. The third kappa shape index (κ3) is 4.79. The first kappa shape index (κ1) is 20.3. The molecule has 4 rings (SSSR count). The number of benzene rings is 2. The Bertz CT molecular complexity index is 1000. The molecular formula is C21H21F2N5OS. The van der Waals surface area contributed by atoms with Gasteiger partial charge in [-0.25, -0.2) is 8.78 Å². The number of carbonyl (C=O) groups excluding carboxylic acids is 1. The molecule has 3 aromatic rings. The summed E-state index contributed by atoms with van der Waals surface area (Å²) in [4.78, 5) is 14.5. The molecule has 0 unspecified atom stereocenters. The SMILES string of the molecule is O=C(CSc1nnc(N2CCCCC2)n1-c1ccccc1)Nc1cc(F)cc(F)c1. The summed E-state index contributed by atoms with van der Waals surface area (Å²) < 4.78 is 28.6. The molecule has 2 aromatic carbocycles. The maximum absolute atomic E-state index is 13.3. The fraction of sp³-hybridized carbons (Fsp3) is 0.286. The summed E-state index contributed by atoms with van der Waals surface area (Å²) in [5.74, 6) is -1.08. The third-order valence-electron chi connectivity index (χ3n) is 4.75. The van der Waals surface area contributed by atoms with Gasteiger partial charge in [0.05, 0.1) is 11.4 Å². The van der Waals surface area contributed by atoms with E-state index in [9.17, 15) is 13.6 Å². The van der Waals surface area contributed by atoms with Crippen molar-refractivity contribution in [3.05, 3.63) is 60.2 Å². The lowest BCUT2D eigenvalue weighted by Gasteiger charge is -2.27. The summed E-state index contributed by atoms with van der Waals surface area (Å²) in [5, 5.41) is 11.8. The van der Waals surface area contributed by atoms with Gasteiger partial charge in [-0.05, 0) is 43.5 Å². The zero-order valence-electron chi connectivity index (χ0n) is 16.2. The van der Waals surface area contributed by atoms with Crippen molar-refractivity contribution in [1.82, 2.24) is 14.8 Å². The van der Waals surface area contributed by atoms with Crippen LogP contribution in [-0.4, -0.2) is 39.5 Å². The third-order valence-corrected chi connectivity index (χ3v) is 5.68. The highest BCUT2D eigenvalue weighted by Gasteiger charge is 2.22. The minimum Gasteiger partial charge on any atom is -0.341 e. The number of amides is 1. The standard InChI is InChI=1S/C21H21F2N5OS/c22-15-11-16(23)13-17(12-15)24-19(29)14-30-21-26-25-20(27-9-5-2-6-10-27)28(21)18-7-3-1-4-8-18/h1,3-4,7-8,11-13H,2,5-6,9-10,14H2,(H,24,29). The highest BCUT2D eigenvalue weighted by atomic mass is 32.2. The number of anilines is 2. The quantitative estimate of drug-likeness (QED) is 0.593. The Balaban J connectivity index is 1.52. The smallest absolute Gasteiger partial charge is 0.234 e. The molecular weight excluding hydrogens is 408 g/mol. The average molecular weight is 429 g/mol. The van der Waals surface area contributed by atoms with Gasteiger partial charge in [0.25, 0.3) is 0 Å². The second-order valence-electron chi connectivity index (χ2n) is 7.00. The molecule has 1 aliphatic heterocycles. The maximum atomic E-state index is 13.3. The van der Waals surface area contributed by atoms with Crippen LogP contribution in [0.2, 0.25) is 0 Å². The number of nitrogens with one attached hydrogen (secondary N) is 1. The second-order valence-corrected chi connectivity index (χ2v) is 7.94. The Labute approximate surface area is 177 Å². The lowest BCUT2D eigenvalue weighted by molar-refractivity contribution is -0.113. The van der Waals surface area contributed by atoms with E-state index >= 15 is 0 Å². The van der Waals surface area contributed by atoms with Gasteiger partial charge in [-0.2, -0.15) is 0 Å². The molecule has 2 heterocycles. The van der Waals surface area contributed by atoms with Crippen molar-refractivity contribution < 1.29 is 13.6 Å². The van der Waals surface area contributed by atoms with Crippen molar-refractivity contribution in [1.29, 1.82) is 0 Å². The fourth-order valence-electron chi connectivity index (χ4n) is 3.41. The first-order chi connectivity index (χ1) is 14.6. The van der Waals surface area contributed by atoms with Crippen LogP contribution in [0.5, 0.6) is 0 Å². The first-order valence-corrected chi connectivity index (χ1v) is 10.7. The van der Waals surface area contributed by atoms with Gasteiger partial charge in [0.15, 0.2) is 5.16 Å². The van der Waals surface area contributed by atoms with E-state index in [1.807, 2.05) is 34.9 Å². The van der Waals surface area contributed by atoms with E-state index in [2.05, 4.69) is 20.4 Å². The molecule has 1 N–H and O–H groups in total. The predicted molar refractivity (Wildman–Crippen MR) is 113 cm³/mol. The summed E-state index contributed by atoms with van der Waals surface area (Å²) >= 11 is 1.23. The molecule has 0 saturated carbocycles. The van der Waals surface area contributed by atoms with E-state index in [0.29, 0.717) is 5.16 Å². The lowest BCUT2D eigenvalue weighted by Crippen LogP contribution is -2.31. The second kappa shape index (κ2) is 9.25. The van der Waals surface area contributed by atoms with Gasteiger partial charge < -0.3 is 10.2 Å². The van der Waals surface area contributed by atoms with Crippen molar-refractivity contribution in [3.63, 3.8) is 0 Å². The number of para-hydroxylation sites is 1. The molecule has 1 aromatic heterocycles. The van der Waals surface area contributed by atoms with Gasteiger partial charge in [0.2, 0.25) is 11.9 Å². The summed E-state index contributed by atoms with van der Waals surface area (Å²) in [5.41, 5.74) is 0.995. The highest BCUT2D eigenvalue weighted by molar-refractivity contribution is 7.99. The molecule has 0 radical (unpaired) electrons. The van der Waals surface area contributed by atoms with E-state index in [-0.39, 0.29) is 17.3 Å². The largest absolute Gasteiger partial charge is 0.341 e. The van der Waals surface area contributed by atoms with Crippen LogP contribution in [0.3, 0.4) is 0 Å². The zero-order chi connectivity index (χ0) is 20.9. The zero-order valence-corrected chi connectivity index (χ0v) is 17.0. The summed E-state index contributed by atoms with van der Waals surface area (Å²) in [6, 6.07) is 12.7. The van der Waals surface area contributed by atoms with E-state index in [0.717, 1.165) is 55.8 Å². The molecule has 1 aliphatic rings. The number of hydrogen-bond acceptors (Lipinski definition) is 5. The summed E-state index contributed by atoms with van der Waals surface area (Å²) in [7, 11) is 0. The Morgan fingerprint density at radius 2 is 1.70 bits per heavy atom. The molecule has 0 atom stereocenters. The van der Waals surface area contributed by atoms with Gasteiger partial charge in [-0.15, -0.1) is 10.2 Å². The topological polar surface area (TPSA) is 63.1 Å². The van der Waals surface area contributed by atoms with Gasteiger partial charge in [0, 0.05) is 24.8 Å². The molecule has 6 nitrogen and oxygen atoms in total. The number of rotatable bonds is 6. The van der Waals surface area contributed by atoms with E-state index < -0.39 is 11.6 Å². The Morgan fingerprint density at radius 1 is 1.00 bits per heavy atom. The lowest BCUT2D eigenvalue weighted by atomic mass is 10.1. The monoisotopic (exact) mass is 429 g/mol. The number of hydrogen-bond donors (Lipinski definition) is 1. The van der Waals surface area contributed by atoms with Gasteiger partial charge in [-0.3, -0.25) is 9.36 Å². The summed E-state index contributed by atoms with van der Waals surface area (Å²) in [6.45, 7) is 1.84. The number of thioether (sulfide) groups is 1. The minimum absolute atomic E-state index is 0.0309. The van der Waals surface area contributed by atoms with Crippen LogP contribution in [0.1, 0.15) is 19.3 Å². The van der Waals surface area contributed by atoms with Crippen molar-refractivity contribution in [2.45, 2.75) is 24.4 Å². The molecule has 1 amide bonds. The van der Waals surface area contributed by atoms with E-state index in [1.165, 1.54) is 18.2 Å². The highest BCUT2D eigenvalue weighted by Crippen LogP contribution is 2.28. The number of nitrogens with zero attached hydrogens (tertiary/aromatic N) is 4. The number of carbonyl (C=O) groups is 1.